The van der Waals surface area contributed by atoms with Crippen molar-refractivity contribution < 1.29 is 4.92 Å². The van der Waals surface area contributed by atoms with Crippen molar-refractivity contribution in [3.63, 3.8) is 0 Å². The van der Waals surface area contributed by atoms with Gasteiger partial charge in [-0.15, -0.1) is 0 Å². The molecule has 0 amide bonds. The van der Waals surface area contributed by atoms with Gasteiger partial charge in [0.05, 0.1) is 4.92 Å². The van der Waals surface area contributed by atoms with Crippen LogP contribution in [0.15, 0.2) is 108 Å². The molecular formula is C33H35N3O2. The van der Waals surface area contributed by atoms with Gasteiger partial charge >= 0.3 is 0 Å². The largest absolute Gasteiger partial charge is 0.347 e. The number of nitro benzene ring substituents is 1. The number of nitro groups is 1. The Kier molecular flexibility index (Phi) is 6.26. The third kappa shape index (κ3) is 4.12. The van der Waals surface area contributed by atoms with Crippen LogP contribution in [0.25, 0.3) is 0 Å². The summed E-state index contributed by atoms with van der Waals surface area (Å²) in [4.78, 5) is 15.5. The Morgan fingerprint density at radius 3 is 1.79 bits per heavy atom. The Labute approximate surface area is 225 Å². The lowest BCUT2D eigenvalue weighted by molar-refractivity contribution is -0.384. The minimum Gasteiger partial charge on any atom is -0.347 e. The first kappa shape index (κ1) is 25.5. The molecule has 3 aromatic rings. The third-order valence-corrected chi connectivity index (χ3v) is 8.28. The maximum atomic E-state index is 11.3. The van der Waals surface area contributed by atoms with Crippen molar-refractivity contribution in [1.29, 1.82) is 0 Å². The summed E-state index contributed by atoms with van der Waals surface area (Å²) in [6.45, 7) is 9.04. The fourth-order valence-electron chi connectivity index (χ4n) is 6.12. The highest BCUT2D eigenvalue weighted by Crippen LogP contribution is 2.48. The molecule has 1 atom stereocenters. The molecule has 38 heavy (non-hydrogen) atoms. The van der Waals surface area contributed by atoms with Crippen molar-refractivity contribution in [2.45, 2.75) is 44.4 Å². The Morgan fingerprint density at radius 1 is 0.763 bits per heavy atom. The number of non-ortho nitro benzene ring substituents is 1. The SMILES string of the molecule is CN1/C(=C/C=C/C(/C=C2/N(C)c3ccccc3C2(C)C)c2ccc([N+](=O)[O-])cc2)C(C)(C)c2ccccc21. The topological polar surface area (TPSA) is 49.6 Å². The number of allylic oxidation sites excluding steroid dienone is 6. The molecule has 0 bridgehead atoms. The molecule has 5 rings (SSSR count). The number of nitrogens with zero attached hydrogens (tertiary/aromatic N) is 3. The summed E-state index contributed by atoms with van der Waals surface area (Å²) in [5.41, 5.74) is 8.36. The highest BCUT2D eigenvalue weighted by atomic mass is 16.6. The lowest BCUT2D eigenvalue weighted by Gasteiger charge is -2.26. The predicted octanol–water partition coefficient (Wildman–Crippen LogP) is 7.86. The maximum absolute atomic E-state index is 11.3. The summed E-state index contributed by atoms with van der Waals surface area (Å²) in [5, 5.41) is 11.3. The van der Waals surface area contributed by atoms with E-state index < -0.39 is 0 Å². The van der Waals surface area contributed by atoms with E-state index in [2.05, 4.69) is 124 Å². The van der Waals surface area contributed by atoms with E-state index in [-0.39, 0.29) is 27.4 Å². The zero-order chi connectivity index (χ0) is 27.2. The van der Waals surface area contributed by atoms with E-state index in [0.717, 1.165) is 5.56 Å². The summed E-state index contributed by atoms with van der Waals surface area (Å²) in [6.07, 6.45) is 8.84. The predicted molar refractivity (Wildman–Crippen MR) is 157 cm³/mol. The van der Waals surface area contributed by atoms with Gasteiger partial charge in [-0.25, -0.2) is 0 Å². The molecule has 0 fully saturated rings. The van der Waals surface area contributed by atoms with E-state index in [9.17, 15) is 10.1 Å². The molecule has 5 nitrogen and oxygen atoms in total. The molecule has 2 aliphatic heterocycles. The van der Waals surface area contributed by atoms with E-state index >= 15 is 0 Å². The molecule has 0 radical (unpaired) electrons. The first-order chi connectivity index (χ1) is 18.0. The van der Waals surface area contributed by atoms with Crippen molar-refractivity contribution in [2.75, 3.05) is 23.9 Å². The van der Waals surface area contributed by atoms with Gasteiger partial charge in [0.2, 0.25) is 0 Å². The first-order valence-corrected chi connectivity index (χ1v) is 13.1. The number of hydrogen-bond donors (Lipinski definition) is 0. The highest BCUT2D eigenvalue weighted by Gasteiger charge is 2.39. The number of benzene rings is 3. The van der Waals surface area contributed by atoms with Gasteiger partial charge in [0.1, 0.15) is 0 Å². The molecule has 0 saturated carbocycles. The average Bonchev–Trinajstić information content (AvgIpc) is 3.22. The Bertz CT molecular complexity index is 1480. The van der Waals surface area contributed by atoms with Gasteiger partial charge in [-0.3, -0.25) is 10.1 Å². The summed E-state index contributed by atoms with van der Waals surface area (Å²) in [5.74, 6) is -0.0594. The maximum Gasteiger partial charge on any atom is 0.269 e. The molecule has 3 aromatic carbocycles. The van der Waals surface area contributed by atoms with Crippen molar-refractivity contribution in [2.24, 2.45) is 0 Å². The van der Waals surface area contributed by atoms with Crippen LogP contribution in [-0.2, 0) is 10.8 Å². The second-order valence-electron chi connectivity index (χ2n) is 11.3. The van der Waals surface area contributed by atoms with E-state index in [4.69, 9.17) is 0 Å². The quantitative estimate of drug-likeness (QED) is 0.262. The Morgan fingerprint density at radius 2 is 1.26 bits per heavy atom. The second kappa shape index (κ2) is 9.32. The molecule has 194 valence electrons. The standard InChI is InChI=1S/C33H35N3O2/c1-32(2)26-13-7-9-15-28(26)34(5)30(32)17-11-12-24(23-18-20-25(21-19-23)36(37)38)22-31-33(3,4)27-14-8-10-16-29(27)35(31)6/h7-22,24H,1-6H3/b12-11+,30-17+,31-22+. The highest BCUT2D eigenvalue weighted by molar-refractivity contribution is 5.71. The van der Waals surface area contributed by atoms with E-state index in [1.54, 1.807) is 12.1 Å². The van der Waals surface area contributed by atoms with Crippen LogP contribution in [0, 0.1) is 10.1 Å². The van der Waals surface area contributed by atoms with Crippen LogP contribution < -0.4 is 9.80 Å². The van der Waals surface area contributed by atoms with Crippen molar-refractivity contribution in [3.8, 4) is 0 Å². The normalized spacial score (nSPS) is 20.3. The molecule has 5 heteroatoms. The molecule has 0 saturated heterocycles. The minimum absolute atomic E-state index is 0.0594. The Balaban J connectivity index is 1.55. The van der Waals surface area contributed by atoms with Crippen LogP contribution in [0.1, 0.15) is 50.3 Å². The zero-order valence-electron chi connectivity index (χ0n) is 23.0. The van der Waals surface area contributed by atoms with Crippen LogP contribution in [0.5, 0.6) is 0 Å². The Hall–Kier alpha value is -4.12. The number of likely N-dealkylation sites (N-methyl/N-ethyl adjacent to an activating group) is 2. The minimum atomic E-state index is -0.350. The molecular weight excluding hydrogens is 470 g/mol. The van der Waals surface area contributed by atoms with E-state index in [1.165, 1.54) is 33.9 Å². The van der Waals surface area contributed by atoms with Crippen molar-refractivity contribution >= 4 is 17.1 Å². The lowest BCUT2D eigenvalue weighted by Crippen LogP contribution is -2.23. The van der Waals surface area contributed by atoms with Gasteiger partial charge in [-0.05, 0) is 34.9 Å². The molecule has 2 aliphatic rings. The number of fused-ring (bicyclic) bond motifs is 2. The number of rotatable bonds is 5. The monoisotopic (exact) mass is 505 g/mol. The molecule has 0 N–H and O–H groups in total. The van der Waals surface area contributed by atoms with Crippen LogP contribution >= 0.6 is 0 Å². The summed E-state index contributed by atoms with van der Waals surface area (Å²) in [7, 11) is 4.24. The molecule has 2 heterocycles. The molecule has 0 aromatic heterocycles. The smallest absolute Gasteiger partial charge is 0.269 e. The van der Waals surface area contributed by atoms with Gasteiger partial charge in [-0.2, -0.15) is 0 Å². The fraction of sp³-hybridized carbons (Fsp3) is 0.273. The summed E-state index contributed by atoms with van der Waals surface area (Å²) in [6, 6.07) is 24.0. The average molecular weight is 506 g/mol. The second-order valence-corrected chi connectivity index (χ2v) is 11.3. The first-order valence-electron chi connectivity index (χ1n) is 13.1. The van der Waals surface area contributed by atoms with Gasteiger partial charge in [-0.1, -0.05) is 94.5 Å². The van der Waals surface area contributed by atoms with Gasteiger partial charge in [0.15, 0.2) is 0 Å². The van der Waals surface area contributed by atoms with E-state index in [1.807, 2.05) is 12.1 Å². The van der Waals surface area contributed by atoms with Gasteiger partial charge in [0.25, 0.3) is 5.69 Å². The fourth-order valence-corrected chi connectivity index (χ4v) is 6.12. The van der Waals surface area contributed by atoms with Crippen LogP contribution in [0.3, 0.4) is 0 Å². The van der Waals surface area contributed by atoms with Gasteiger partial charge in [0, 0.05) is 65.7 Å². The number of hydrogen-bond acceptors (Lipinski definition) is 4. The number of anilines is 2. The lowest BCUT2D eigenvalue weighted by atomic mass is 9.82. The van der Waals surface area contributed by atoms with E-state index in [0.29, 0.717) is 0 Å². The van der Waals surface area contributed by atoms with Crippen LogP contribution in [0.2, 0.25) is 0 Å². The van der Waals surface area contributed by atoms with Gasteiger partial charge < -0.3 is 9.80 Å². The zero-order valence-corrected chi connectivity index (χ0v) is 23.0. The molecule has 1 unspecified atom stereocenters. The summed E-state index contributed by atoms with van der Waals surface area (Å²) >= 11 is 0. The van der Waals surface area contributed by atoms with Crippen molar-refractivity contribution in [3.05, 3.63) is 135 Å². The van der Waals surface area contributed by atoms with Crippen LogP contribution in [0.4, 0.5) is 17.1 Å². The number of para-hydroxylation sites is 2. The summed E-state index contributed by atoms with van der Waals surface area (Å²) < 4.78 is 0. The third-order valence-electron chi connectivity index (χ3n) is 8.28. The van der Waals surface area contributed by atoms with Crippen LogP contribution in [-0.4, -0.2) is 19.0 Å². The molecule has 0 spiro atoms. The van der Waals surface area contributed by atoms with Crippen molar-refractivity contribution in [1.82, 2.24) is 0 Å². The molecule has 0 aliphatic carbocycles.